The van der Waals surface area contributed by atoms with Crippen LogP contribution in [0.1, 0.15) is 26.6 Å². The highest BCUT2D eigenvalue weighted by Crippen LogP contribution is 2.28. The second-order valence-corrected chi connectivity index (χ2v) is 7.09. The molecule has 2 aromatic carbocycles. The molecule has 0 saturated carbocycles. The molecule has 3 rings (SSSR count). The van der Waals surface area contributed by atoms with E-state index in [1.165, 1.54) is 12.1 Å². The summed E-state index contributed by atoms with van der Waals surface area (Å²) in [4.78, 5) is 14.9. The number of hydrogen-bond donors (Lipinski definition) is 0. The van der Waals surface area contributed by atoms with Crippen molar-refractivity contribution in [1.29, 1.82) is 0 Å². The normalized spacial score (nSPS) is 10.7. The number of carboxylic acids is 1. The molecule has 0 bridgehead atoms. The van der Waals surface area contributed by atoms with Crippen molar-refractivity contribution in [2.24, 2.45) is 0 Å². The van der Waals surface area contributed by atoms with Crippen LogP contribution in [0.3, 0.4) is 0 Å². The van der Waals surface area contributed by atoms with E-state index in [1.54, 1.807) is 29.6 Å². The van der Waals surface area contributed by atoms with Gasteiger partial charge in [-0.25, -0.2) is 9.37 Å². The largest absolute Gasteiger partial charge is 0.542 e. The Balaban J connectivity index is 1.79. The van der Waals surface area contributed by atoms with Crippen molar-refractivity contribution in [3.8, 4) is 5.75 Å². The van der Waals surface area contributed by atoms with Crippen molar-refractivity contribution in [3.05, 3.63) is 79.5 Å². The standard InChI is InChI=1S/C18H12Cl2FNO3S/c19-12-2-4-16(25-8-10-1-3-13(21)7-15(10)20)11(5-12)6-14-9-26-17(22-14)18(23)24/h1-5,7,9H,6,8H2,(H,23,24)/p-1. The van der Waals surface area contributed by atoms with Crippen LogP contribution in [-0.2, 0) is 13.0 Å². The summed E-state index contributed by atoms with van der Waals surface area (Å²) in [6, 6.07) is 9.20. The lowest BCUT2D eigenvalue weighted by Gasteiger charge is -2.12. The fourth-order valence-electron chi connectivity index (χ4n) is 2.30. The summed E-state index contributed by atoms with van der Waals surface area (Å²) >= 11 is 13.1. The molecular weight excluding hydrogens is 400 g/mol. The molecule has 0 amide bonds. The van der Waals surface area contributed by atoms with Gasteiger partial charge in [0.25, 0.3) is 0 Å². The summed E-state index contributed by atoms with van der Waals surface area (Å²) in [6.45, 7) is 0.148. The molecule has 0 fully saturated rings. The summed E-state index contributed by atoms with van der Waals surface area (Å²) < 4.78 is 18.9. The van der Waals surface area contributed by atoms with Crippen molar-refractivity contribution in [2.45, 2.75) is 13.0 Å². The summed E-state index contributed by atoms with van der Waals surface area (Å²) in [5.41, 5.74) is 1.95. The Morgan fingerprint density at radius 1 is 1.19 bits per heavy atom. The number of aromatic nitrogens is 1. The molecule has 0 aliphatic rings. The number of rotatable bonds is 6. The van der Waals surface area contributed by atoms with E-state index in [9.17, 15) is 14.3 Å². The van der Waals surface area contributed by atoms with Crippen LogP contribution in [-0.4, -0.2) is 11.0 Å². The molecule has 0 unspecified atom stereocenters. The fourth-order valence-corrected chi connectivity index (χ4v) is 3.36. The topological polar surface area (TPSA) is 62.2 Å². The first-order valence-corrected chi connectivity index (χ1v) is 9.07. The zero-order chi connectivity index (χ0) is 18.7. The number of thiazole rings is 1. The van der Waals surface area contributed by atoms with Gasteiger partial charge in [-0.05, 0) is 30.3 Å². The maximum atomic E-state index is 13.1. The van der Waals surface area contributed by atoms with Gasteiger partial charge >= 0.3 is 0 Å². The van der Waals surface area contributed by atoms with Crippen LogP contribution in [0, 0.1) is 5.82 Å². The number of nitrogens with zero attached hydrogens (tertiary/aromatic N) is 1. The Kier molecular flexibility index (Phi) is 5.76. The third kappa shape index (κ3) is 4.52. The molecule has 0 spiro atoms. The predicted molar refractivity (Wildman–Crippen MR) is 96.4 cm³/mol. The van der Waals surface area contributed by atoms with Crippen molar-refractivity contribution in [1.82, 2.24) is 4.98 Å². The fraction of sp³-hybridized carbons (Fsp3) is 0.111. The molecule has 8 heteroatoms. The quantitative estimate of drug-likeness (QED) is 0.612. The number of benzene rings is 2. The second kappa shape index (κ2) is 8.03. The number of hydrogen-bond acceptors (Lipinski definition) is 5. The van der Waals surface area contributed by atoms with Crippen LogP contribution in [0.25, 0.3) is 0 Å². The zero-order valence-corrected chi connectivity index (χ0v) is 15.5. The zero-order valence-electron chi connectivity index (χ0n) is 13.2. The average Bonchev–Trinajstić information content (AvgIpc) is 3.04. The Morgan fingerprint density at radius 3 is 2.69 bits per heavy atom. The lowest BCUT2D eigenvalue weighted by Crippen LogP contribution is -2.21. The van der Waals surface area contributed by atoms with Crippen molar-refractivity contribution in [2.75, 3.05) is 0 Å². The van der Waals surface area contributed by atoms with Crippen LogP contribution in [0.15, 0.2) is 41.8 Å². The smallest absolute Gasteiger partial charge is 0.139 e. The molecule has 1 heterocycles. The van der Waals surface area contributed by atoms with E-state index in [-0.39, 0.29) is 16.6 Å². The highest BCUT2D eigenvalue weighted by atomic mass is 35.5. The third-order valence-electron chi connectivity index (χ3n) is 3.52. The number of carbonyl (C=O) groups excluding carboxylic acids is 1. The van der Waals surface area contributed by atoms with Crippen LogP contribution in [0.5, 0.6) is 5.75 Å². The van der Waals surface area contributed by atoms with Crippen LogP contribution < -0.4 is 9.84 Å². The number of ether oxygens (including phenoxy) is 1. The molecule has 0 aliphatic carbocycles. The van der Waals surface area contributed by atoms with Crippen LogP contribution in [0.2, 0.25) is 10.0 Å². The van der Waals surface area contributed by atoms with Gasteiger partial charge in [-0.1, -0.05) is 29.3 Å². The number of carbonyl (C=O) groups is 1. The van der Waals surface area contributed by atoms with Crippen molar-refractivity contribution < 1.29 is 19.0 Å². The highest BCUT2D eigenvalue weighted by molar-refractivity contribution is 7.11. The van der Waals surface area contributed by atoms with Gasteiger partial charge in [-0.3, -0.25) is 0 Å². The van der Waals surface area contributed by atoms with E-state index in [0.29, 0.717) is 28.5 Å². The van der Waals surface area contributed by atoms with E-state index in [0.717, 1.165) is 16.9 Å². The number of aromatic carboxylic acids is 1. The van der Waals surface area contributed by atoms with Crippen LogP contribution >= 0.6 is 34.5 Å². The molecule has 4 nitrogen and oxygen atoms in total. The van der Waals surface area contributed by atoms with Gasteiger partial charge in [-0.15, -0.1) is 11.3 Å². The average molecular weight is 411 g/mol. The Morgan fingerprint density at radius 2 is 2.00 bits per heavy atom. The molecule has 0 saturated heterocycles. The molecule has 26 heavy (non-hydrogen) atoms. The van der Waals surface area contributed by atoms with E-state index in [4.69, 9.17) is 27.9 Å². The molecule has 3 aromatic rings. The Labute approximate surface area is 162 Å². The third-order valence-corrected chi connectivity index (χ3v) is 4.98. The lowest BCUT2D eigenvalue weighted by molar-refractivity contribution is -0.255. The van der Waals surface area contributed by atoms with Gasteiger partial charge in [-0.2, -0.15) is 0 Å². The minimum Gasteiger partial charge on any atom is -0.542 e. The molecule has 0 radical (unpaired) electrons. The van der Waals surface area contributed by atoms with E-state index in [1.807, 2.05) is 0 Å². The monoisotopic (exact) mass is 410 g/mol. The summed E-state index contributed by atoms with van der Waals surface area (Å²) in [7, 11) is 0. The van der Waals surface area contributed by atoms with Gasteiger partial charge in [0, 0.05) is 28.0 Å². The van der Waals surface area contributed by atoms with Crippen LogP contribution in [0.4, 0.5) is 4.39 Å². The van der Waals surface area contributed by atoms with Gasteiger partial charge < -0.3 is 14.6 Å². The highest BCUT2D eigenvalue weighted by Gasteiger charge is 2.11. The summed E-state index contributed by atoms with van der Waals surface area (Å²) in [5, 5.41) is 13.2. The van der Waals surface area contributed by atoms with Crippen molar-refractivity contribution >= 4 is 40.5 Å². The van der Waals surface area contributed by atoms with E-state index in [2.05, 4.69) is 4.98 Å². The molecular formula is C18H11Cl2FNO3S-. The first kappa shape index (κ1) is 18.6. The van der Waals surface area contributed by atoms with Gasteiger partial charge in [0.2, 0.25) is 0 Å². The van der Waals surface area contributed by atoms with Gasteiger partial charge in [0.15, 0.2) is 0 Å². The minimum atomic E-state index is -1.31. The Hall–Kier alpha value is -2.15. The second-order valence-electron chi connectivity index (χ2n) is 5.38. The molecule has 1 aromatic heterocycles. The molecule has 0 aliphatic heterocycles. The summed E-state index contributed by atoms with van der Waals surface area (Å²) in [6.07, 6.45) is 0.344. The lowest BCUT2D eigenvalue weighted by atomic mass is 10.1. The van der Waals surface area contributed by atoms with E-state index < -0.39 is 11.8 Å². The first-order chi connectivity index (χ1) is 12.4. The predicted octanol–water partition coefficient (Wildman–Crippen LogP) is 4.12. The van der Waals surface area contributed by atoms with Crippen molar-refractivity contribution in [3.63, 3.8) is 0 Å². The summed E-state index contributed by atoms with van der Waals surface area (Å²) in [5.74, 6) is -1.18. The maximum absolute atomic E-state index is 13.1. The Bertz CT molecular complexity index is 961. The maximum Gasteiger partial charge on any atom is 0.139 e. The molecule has 134 valence electrons. The van der Waals surface area contributed by atoms with Gasteiger partial charge in [0.1, 0.15) is 29.2 Å². The molecule has 0 N–H and O–H groups in total. The first-order valence-electron chi connectivity index (χ1n) is 7.43. The van der Waals surface area contributed by atoms with E-state index >= 15 is 0 Å². The van der Waals surface area contributed by atoms with Gasteiger partial charge in [0.05, 0.1) is 10.7 Å². The minimum absolute atomic E-state index is 0.0809. The SMILES string of the molecule is O=C([O-])c1nc(Cc2cc(Cl)ccc2OCc2ccc(F)cc2Cl)cs1. The number of carboxylic acid groups (broad SMARTS) is 1. The number of halogens is 3. The molecule has 0 atom stereocenters.